The summed E-state index contributed by atoms with van der Waals surface area (Å²) in [6.45, 7) is 8.84. The van der Waals surface area contributed by atoms with Crippen LogP contribution < -0.4 is 15.9 Å². The highest BCUT2D eigenvalue weighted by molar-refractivity contribution is 6.99. The van der Waals surface area contributed by atoms with Gasteiger partial charge in [-0.1, -0.05) is 124 Å². The van der Waals surface area contributed by atoms with Crippen LogP contribution in [0.4, 0.5) is 0 Å². The Bertz CT molecular complexity index is 898. The summed E-state index contributed by atoms with van der Waals surface area (Å²) in [6.07, 6.45) is 5.04. The molecule has 32 heavy (non-hydrogen) atoms. The lowest BCUT2D eigenvalue weighted by Gasteiger charge is -2.43. The molecule has 0 aliphatic carbocycles. The lowest BCUT2D eigenvalue weighted by Crippen LogP contribution is -2.66. The Kier molecular flexibility index (Phi) is 9.00. The van der Waals surface area contributed by atoms with Gasteiger partial charge in [0, 0.05) is 13.2 Å². The molecule has 3 nitrogen and oxygen atoms in total. The first-order chi connectivity index (χ1) is 15.5. The smallest absolute Gasteiger partial charge is 0.261 e. The van der Waals surface area contributed by atoms with Crippen molar-refractivity contribution in [3.05, 3.63) is 109 Å². The first-order valence-corrected chi connectivity index (χ1v) is 13.2. The molecule has 0 heterocycles. The van der Waals surface area contributed by atoms with Crippen molar-refractivity contribution < 1.29 is 9.26 Å². The number of nitrogens with one attached hydrogen (secondary N) is 1. The van der Waals surface area contributed by atoms with E-state index in [1.165, 1.54) is 15.9 Å². The number of hydrogen-bond acceptors (Lipinski definition) is 3. The topological polar surface area (TPSA) is 30.5 Å². The maximum Gasteiger partial charge on any atom is 0.261 e. The van der Waals surface area contributed by atoms with E-state index in [9.17, 15) is 0 Å². The second-order valence-corrected chi connectivity index (χ2v) is 13.2. The van der Waals surface area contributed by atoms with Crippen LogP contribution in [0.1, 0.15) is 32.8 Å². The van der Waals surface area contributed by atoms with Crippen molar-refractivity contribution in [3.63, 3.8) is 0 Å². The van der Waals surface area contributed by atoms with E-state index in [4.69, 9.17) is 9.26 Å². The quantitative estimate of drug-likeness (QED) is 0.190. The minimum Gasteiger partial charge on any atom is -0.407 e. The predicted molar refractivity (Wildman–Crippen MR) is 137 cm³/mol. The number of hydrogen-bond donors (Lipinski definition) is 1. The number of benzene rings is 3. The Hall–Kier alpha value is -2.50. The first-order valence-electron chi connectivity index (χ1n) is 11.3. The fraction of sp³-hybridized carbons (Fsp3) is 0.286. The number of hydroxylamine groups is 1. The lowest BCUT2D eigenvalue weighted by molar-refractivity contribution is 0.0576. The molecule has 0 aliphatic rings. The van der Waals surface area contributed by atoms with Crippen molar-refractivity contribution in [1.29, 1.82) is 0 Å². The van der Waals surface area contributed by atoms with Gasteiger partial charge in [-0.15, -0.1) is 0 Å². The van der Waals surface area contributed by atoms with Crippen LogP contribution in [-0.4, -0.2) is 21.5 Å². The van der Waals surface area contributed by atoms with E-state index in [0.29, 0.717) is 19.8 Å². The summed E-state index contributed by atoms with van der Waals surface area (Å²) in [5.41, 5.74) is 4.21. The van der Waals surface area contributed by atoms with Gasteiger partial charge in [0.1, 0.15) is 0 Å². The molecule has 0 unspecified atom stereocenters. The monoisotopic (exact) mass is 445 g/mol. The molecule has 0 saturated heterocycles. The van der Waals surface area contributed by atoms with E-state index in [2.05, 4.69) is 105 Å². The van der Waals surface area contributed by atoms with Crippen LogP contribution in [0.15, 0.2) is 103 Å². The third-order valence-corrected chi connectivity index (χ3v) is 10.6. The Morgan fingerprint density at radius 2 is 1.28 bits per heavy atom. The molecule has 0 radical (unpaired) electrons. The Balaban J connectivity index is 1.58. The second-order valence-electron chi connectivity index (χ2n) is 8.89. The molecule has 3 aromatic carbocycles. The highest BCUT2D eigenvalue weighted by Gasteiger charge is 2.49. The number of rotatable bonds is 11. The zero-order valence-electron chi connectivity index (χ0n) is 19.5. The van der Waals surface area contributed by atoms with Crippen LogP contribution in [0.3, 0.4) is 0 Å². The molecule has 0 bridgehead atoms. The third-order valence-electron chi connectivity index (χ3n) is 5.59. The van der Waals surface area contributed by atoms with Crippen molar-refractivity contribution in [2.75, 3.05) is 13.2 Å². The van der Waals surface area contributed by atoms with E-state index in [0.717, 1.165) is 6.42 Å². The molecular formula is C28H35NO2Si. The molecule has 0 fully saturated rings. The minimum absolute atomic E-state index is 0.00386. The molecule has 0 amide bonds. The molecule has 3 rings (SSSR count). The Morgan fingerprint density at radius 3 is 1.81 bits per heavy atom. The zero-order valence-corrected chi connectivity index (χ0v) is 20.5. The highest BCUT2D eigenvalue weighted by atomic mass is 28.4. The van der Waals surface area contributed by atoms with Crippen LogP contribution in [0.2, 0.25) is 5.04 Å². The molecule has 3 aromatic rings. The molecular weight excluding hydrogens is 410 g/mol. The average molecular weight is 446 g/mol. The zero-order chi connectivity index (χ0) is 22.7. The van der Waals surface area contributed by atoms with Gasteiger partial charge in [0.2, 0.25) is 0 Å². The van der Waals surface area contributed by atoms with Gasteiger partial charge in [-0.05, 0) is 27.4 Å². The van der Waals surface area contributed by atoms with E-state index < -0.39 is 8.32 Å². The van der Waals surface area contributed by atoms with Gasteiger partial charge in [0.15, 0.2) is 0 Å². The third kappa shape index (κ3) is 6.27. The average Bonchev–Trinajstić information content (AvgIpc) is 2.81. The largest absolute Gasteiger partial charge is 0.407 e. The van der Waals surface area contributed by atoms with Gasteiger partial charge < -0.3 is 4.43 Å². The van der Waals surface area contributed by atoms with Crippen molar-refractivity contribution in [2.45, 2.75) is 38.8 Å². The summed E-state index contributed by atoms with van der Waals surface area (Å²) in [6, 6.07) is 31.8. The van der Waals surface area contributed by atoms with Gasteiger partial charge in [0.25, 0.3) is 8.32 Å². The standard InChI is InChI=1S/C28H35NO2Si/c1-28(2,3)32(26-18-10-5-11-19-26,27-20-12-6-13-21-27)31-23-15-7-14-22-30-29-24-25-16-8-4-9-17-25/h4-14,16-21,29H,15,22-24H2,1-3H3/b14-7+. The maximum atomic E-state index is 6.88. The summed E-state index contributed by atoms with van der Waals surface area (Å²) in [4.78, 5) is 5.51. The van der Waals surface area contributed by atoms with Crippen LogP contribution in [0, 0.1) is 0 Å². The van der Waals surface area contributed by atoms with Crippen LogP contribution in [0.5, 0.6) is 0 Å². The molecule has 1 N–H and O–H groups in total. The van der Waals surface area contributed by atoms with Crippen molar-refractivity contribution in [1.82, 2.24) is 5.48 Å². The summed E-state index contributed by atoms with van der Waals surface area (Å²) >= 11 is 0. The van der Waals surface area contributed by atoms with Crippen LogP contribution in [0.25, 0.3) is 0 Å². The highest BCUT2D eigenvalue weighted by Crippen LogP contribution is 2.36. The fourth-order valence-electron chi connectivity index (χ4n) is 4.06. The van der Waals surface area contributed by atoms with Crippen molar-refractivity contribution in [3.8, 4) is 0 Å². The van der Waals surface area contributed by atoms with Gasteiger partial charge in [0.05, 0.1) is 6.61 Å². The van der Waals surface area contributed by atoms with Gasteiger partial charge in [-0.25, -0.2) is 0 Å². The normalized spacial score (nSPS) is 12.3. The van der Waals surface area contributed by atoms with Crippen LogP contribution >= 0.6 is 0 Å². The Morgan fingerprint density at radius 1 is 0.750 bits per heavy atom. The summed E-state index contributed by atoms with van der Waals surface area (Å²) < 4.78 is 6.88. The molecule has 168 valence electrons. The molecule has 0 aliphatic heterocycles. The molecule has 4 heteroatoms. The molecule has 0 aromatic heterocycles. The molecule has 0 atom stereocenters. The molecule has 0 spiro atoms. The first kappa shape index (κ1) is 24.1. The van der Waals surface area contributed by atoms with E-state index in [-0.39, 0.29) is 5.04 Å². The van der Waals surface area contributed by atoms with Gasteiger partial charge in [-0.2, -0.15) is 5.48 Å². The second kappa shape index (κ2) is 11.9. The van der Waals surface area contributed by atoms with Crippen molar-refractivity contribution in [2.24, 2.45) is 0 Å². The van der Waals surface area contributed by atoms with Crippen molar-refractivity contribution >= 4 is 18.7 Å². The summed E-state index contributed by atoms with van der Waals surface area (Å²) in [5, 5.41) is 2.64. The minimum atomic E-state index is -2.45. The van der Waals surface area contributed by atoms with E-state index >= 15 is 0 Å². The molecule has 0 saturated carbocycles. The summed E-state index contributed by atoms with van der Waals surface area (Å²) in [7, 11) is -2.45. The SMILES string of the molecule is CC(C)(C)[Si](OCC/C=C/CONCc1ccccc1)(c1ccccc1)c1ccccc1. The van der Waals surface area contributed by atoms with Gasteiger partial charge >= 0.3 is 0 Å². The fourth-order valence-corrected chi connectivity index (χ4v) is 8.64. The lowest BCUT2D eigenvalue weighted by atomic mass is 10.2. The maximum absolute atomic E-state index is 6.88. The Labute approximate surface area is 194 Å². The van der Waals surface area contributed by atoms with E-state index in [1.807, 2.05) is 24.3 Å². The van der Waals surface area contributed by atoms with Gasteiger partial charge in [-0.3, -0.25) is 4.84 Å². The predicted octanol–water partition coefficient (Wildman–Crippen LogP) is 5.23. The van der Waals surface area contributed by atoms with Crippen LogP contribution in [-0.2, 0) is 15.8 Å². The summed E-state index contributed by atoms with van der Waals surface area (Å²) in [5.74, 6) is 0. The van der Waals surface area contributed by atoms with E-state index in [1.54, 1.807) is 0 Å².